The number of rotatable bonds is 6. The van der Waals surface area contributed by atoms with Crippen molar-refractivity contribution in [3.8, 4) is 0 Å². The summed E-state index contributed by atoms with van der Waals surface area (Å²) in [5.41, 5.74) is -0.293. The van der Waals surface area contributed by atoms with Gasteiger partial charge in [0.25, 0.3) is 0 Å². The highest BCUT2D eigenvalue weighted by atomic mass is 35.5. The van der Waals surface area contributed by atoms with Gasteiger partial charge in [-0.05, 0) is 30.5 Å². The molecule has 0 aromatic heterocycles. The van der Waals surface area contributed by atoms with Gasteiger partial charge in [-0.1, -0.05) is 12.1 Å². The van der Waals surface area contributed by atoms with Gasteiger partial charge in [0.1, 0.15) is 0 Å². The summed E-state index contributed by atoms with van der Waals surface area (Å²) in [5.74, 6) is -0.254. The van der Waals surface area contributed by atoms with Crippen molar-refractivity contribution in [2.24, 2.45) is 0 Å². The molecule has 1 atom stereocenters. The number of ether oxygens (including phenoxy) is 1. The Hall–Kier alpha value is -1.31. The van der Waals surface area contributed by atoms with Gasteiger partial charge in [-0.15, -0.1) is 12.4 Å². The van der Waals surface area contributed by atoms with Crippen molar-refractivity contribution in [2.75, 3.05) is 19.7 Å². The zero-order valence-electron chi connectivity index (χ0n) is 12.5. The Labute approximate surface area is 139 Å². The minimum absolute atomic E-state index is 0. The number of alkyl halides is 3. The van der Waals surface area contributed by atoms with Crippen LogP contribution in [0.1, 0.15) is 24.0 Å². The van der Waals surface area contributed by atoms with Crippen LogP contribution in [0.2, 0.25) is 0 Å². The Bertz CT molecular complexity index is 506. The van der Waals surface area contributed by atoms with Crippen LogP contribution in [-0.2, 0) is 22.3 Å². The van der Waals surface area contributed by atoms with Gasteiger partial charge in [-0.25, -0.2) is 0 Å². The predicted molar refractivity (Wildman–Crippen MR) is 82.4 cm³/mol. The monoisotopic (exact) mass is 352 g/mol. The first kappa shape index (κ1) is 19.7. The standard InChI is InChI=1S/C15H19F3N2O2.ClH/c16-15(17,18)12-4-1-3-11(7-12)8-20-14(21)10-19-9-13-5-2-6-22-13;/h1,3-4,7,13,19H,2,5-6,8-10H2,(H,20,21);1H. The number of hydrogen-bond acceptors (Lipinski definition) is 3. The van der Waals surface area contributed by atoms with E-state index in [1.165, 1.54) is 6.07 Å². The second-order valence-electron chi connectivity index (χ2n) is 5.24. The van der Waals surface area contributed by atoms with E-state index < -0.39 is 11.7 Å². The molecular formula is C15H20ClF3N2O2. The number of carbonyl (C=O) groups excluding carboxylic acids is 1. The van der Waals surface area contributed by atoms with Crippen molar-refractivity contribution in [1.29, 1.82) is 0 Å². The Morgan fingerprint density at radius 3 is 2.78 bits per heavy atom. The molecule has 2 N–H and O–H groups in total. The molecule has 0 radical (unpaired) electrons. The van der Waals surface area contributed by atoms with Gasteiger partial charge in [0.05, 0.1) is 18.2 Å². The summed E-state index contributed by atoms with van der Waals surface area (Å²) in [6, 6.07) is 4.93. The number of nitrogens with one attached hydrogen (secondary N) is 2. The predicted octanol–water partition coefficient (Wildman–Crippen LogP) is 2.51. The molecule has 0 saturated carbocycles. The van der Waals surface area contributed by atoms with Crippen molar-refractivity contribution in [2.45, 2.75) is 31.7 Å². The maximum atomic E-state index is 12.6. The molecule has 2 rings (SSSR count). The fraction of sp³-hybridized carbons (Fsp3) is 0.533. The summed E-state index contributed by atoms with van der Waals surface area (Å²) >= 11 is 0. The van der Waals surface area contributed by atoms with Gasteiger partial charge >= 0.3 is 6.18 Å². The molecule has 1 aliphatic heterocycles. The quantitative estimate of drug-likeness (QED) is 0.827. The average Bonchev–Trinajstić information content (AvgIpc) is 2.98. The molecular weight excluding hydrogens is 333 g/mol. The fourth-order valence-corrected chi connectivity index (χ4v) is 2.27. The van der Waals surface area contributed by atoms with E-state index in [9.17, 15) is 18.0 Å². The average molecular weight is 353 g/mol. The van der Waals surface area contributed by atoms with Gasteiger partial charge in [0, 0.05) is 19.7 Å². The summed E-state index contributed by atoms with van der Waals surface area (Å²) in [6.45, 7) is 1.56. The van der Waals surface area contributed by atoms with E-state index in [1.54, 1.807) is 6.07 Å². The first-order valence-corrected chi connectivity index (χ1v) is 7.20. The molecule has 0 aliphatic carbocycles. The molecule has 8 heteroatoms. The van der Waals surface area contributed by atoms with Crippen LogP contribution in [0.15, 0.2) is 24.3 Å². The van der Waals surface area contributed by atoms with Gasteiger partial charge in [0.2, 0.25) is 5.91 Å². The molecule has 1 heterocycles. The highest BCUT2D eigenvalue weighted by Gasteiger charge is 2.30. The van der Waals surface area contributed by atoms with Gasteiger partial charge < -0.3 is 15.4 Å². The molecule has 130 valence electrons. The molecule has 4 nitrogen and oxygen atoms in total. The van der Waals surface area contributed by atoms with Gasteiger partial charge in [-0.2, -0.15) is 13.2 Å². The Balaban J connectivity index is 0.00000264. The van der Waals surface area contributed by atoms with Crippen molar-refractivity contribution >= 4 is 18.3 Å². The molecule has 1 saturated heterocycles. The molecule has 1 fully saturated rings. The Morgan fingerprint density at radius 1 is 1.35 bits per heavy atom. The summed E-state index contributed by atoms with van der Waals surface area (Å²) in [7, 11) is 0. The number of hydrogen-bond donors (Lipinski definition) is 2. The van der Waals surface area contributed by atoms with Crippen molar-refractivity contribution in [3.05, 3.63) is 35.4 Å². The SMILES string of the molecule is Cl.O=C(CNCC1CCCO1)NCc1cccc(C(F)(F)F)c1. The van der Waals surface area contributed by atoms with E-state index in [0.717, 1.165) is 31.6 Å². The second kappa shape index (κ2) is 9.10. The fourth-order valence-electron chi connectivity index (χ4n) is 2.27. The van der Waals surface area contributed by atoms with Crippen molar-refractivity contribution in [3.63, 3.8) is 0 Å². The zero-order valence-corrected chi connectivity index (χ0v) is 13.3. The third-order valence-corrected chi connectivity index (χ3v) is 3.43. The first-order valence-electron chi connectivity index (χ1n) is 7.20. The normalized spacial score (nSPS) is 17.6. The van der Waals surface area contributed by atoms with Crippen LogP contribution in [-0.4, -0.2) is 31.7 Å². The lowest BCUT2D eigenvalue weighted by molar-refractivity contribution is -0.137. The van der Waals surface area contributed by atoms with Crippen LogP contribution in [0.25, 0.3) is 0 Å². The van der Waals surface area contributed by atoms with E-state index >= 15 is 0 Å². The summed E-state index contributed by atoms with van der Waals surface area (Å²) < 4.78 is 43.1. The largest absolute Gasteiger partial charge is 0.416 e. The van der Waals surface area contributed by atoms with E-state index in [4.69, 9.17) is 4.74 Å². The molecule has 23 heavy (non-hydrogen) atoms. The third-order valence-electron chi connectivity index (χ3n) is 3.43. The smallest absolute Gasteiger partial charge is 0.377 e. The lowest BCUT2D eigenvalue weighted by atomic mass is 10.1. The number of carbonyl (C=O) groups is 1. The zero-order chi connectivity index (χ0) is 16.0. The van der Waals surface area contributed by atoms with Crippen molar-refractivity contribution < 1.29 is 22.7 Å². The van der Waals surface area contributed by atoms with Crippen LogP contribution in [0.4, 0.5) is 13.2 Å². The van der Waals surface area contributed by atoms with Crippen molar-refractivity contribution in [1.82, 2.24) is 10.6 Å². The lowest BCUT2D eigenvalue weighted by Crippen LogP contribution is -2.36. The molecule has 1 unspecified atom stereocenters. The van der Waals surface area contributed by atoms with E-state index in [0.29, 0.717) is 12.1 Å². The van der Waals surface area contributed by atoms with Crippen LogP contribution in [0, 0.1) is 0 Å². The first-order chi connectivity index (χ1) is 10.4. The van der Waals surface area contributed by atoms with E-state index in [2.05, 4.69) is 10.6 Å². The van der Waals surface area contributed by atoms with Crippen LogP contribution in [0.5, 0.6) is 0 Å². The van der Waals surface area contributed by atoms with E-state index in [1.807, 2.05) is 0 Å². The van der Waals surface area contributed by atoms with Gasteiger partial charge in [-0.3, -0.25) is 4.79 Å². The maximum absolute atomic E-state index is 12.6. The third kappa shape index (κ3) is 6.76. The molecule has 0 spiro atoms. The van der Waals surface area contributed by atoms with Crippen LogP contribution >= 0.6 is 12.4 Å². The Morgan fingerprint density at radius 2 is 2.13 bits per heavy atom. The molecule has 1 amide bonds. The number of benzene rings is 1. The number of halogens is 4. The Kier molecular flexibility index (Phi) is 7.81. The molecule has 1 aromatic carbocycles. The highest BCUT2D eigenvalue weighted by Crippen LogP contribution is 2.29. The minimum Gasteiger partial charge on any atom is -0.377 e. The number of amides is 1. The molecule has 1 aromatic rings. The van der Waals surface area contributed by atoms with Gasteiger partial charge in [0.15, 0.2) is 0 Å². The summed E-state index contributed by atoms with van der Waals surface area (Å²) in [4.78, 5) is 11.6. The second-order valence-corrected chi connectivity index (χ2v) is 5.24. The lowest BCUT2D eigenvalue weighted by Gasteiger charge is -2.11. The molecule has 1 aliphatic rings. The van der Waals surface area contributed by atoms with Crippen LogP contribution in [0.3, 0.4) is 0 Å². The van der Waals surface area contributed by atoms with E-state index in [-0.39, 0.29) is 37.5 Å². The topological polar surface area (TPSA) is 50.4 Å². The summed E-state index contributed by atoms with van der Waals surface area (Å²) in [5, 5.41) is 5.58. The maximum Gasteiger partial charge on any atom is 0.416 e. The minimum atomic E-state index is -4.37. The highest BCUT2D eigenvalue weighted by molar-refractivity contribution is 5.85. The van der Waals surface area contributed by atoms with Crippen LogP contribution < -0.4 is 10.6 Å². The summed E-state index contributed by atoms with van der Waals surface area (Å²) in [6.07, 6.45) is -2.20. The molecule has 0 bridgehead atoms.